The fraction of sp³-hybridized carbons (Fsp3) is 0.500. The summed E-state index contributed by atoms with van der Waals surface area (Å²) in [4.78, 5) is 26.7. The van der Waals surface area contributed by atoms with Gasteiger partial charge in [0.25, 0.3) is 0 Å². The molecule has 1 aromatic heterocycles. The van der Waals surface area contributed by atoms with E-state index in [0.29, 0.717) is 24.6 Å². The Morgan fingerprint density at radius 2 is 1.82 bits per heavy atom. The molecule has 2 heterocycles. The summed E-state index contributed by atoms with van der Waals surface area (Å²) in [7, 11) is 0. The summed E-state index contributed by atoms with van der Waals surface area (Å²) in [5.41, 5.74) is 2.61. The van der Waals surface area contributed by atoms with Crippen molar-refractivity contribution in [1.29, 1.82) is 0 Å². The molecule has 2 fully saturated rings. The number of carbonyl (C=O) groups is 2. The molecule has 1 aliphatic heterocycles. The van der Waals surface area contributed by atoms with E-state index in [1.54, 1.807) is 6.92 Å². The van der Waals surface area contributed by atoms with Crippen LogP contribution in [0.1, 0.15) is 66.3 Å². The molecule has 1 saturated carbocycles. The van der Waals surface area contributed by atoms with E-state index in [-0.39, 0.29) is 17.9 Å². The lowest BCUT2D eigenvalue weighted by atomic mass is 10.0. The first-order chi connectivity index (χ1) is 13.7. The first-order valence-electron chi connectivity index (χ1n) is 10.2. The maximum Gasteiger partial charge on any atom is 0.358 e. The molecule has 1 amide bonds. The van der Waals surface area contributed by atoms with E-state index in [4.69, 9.17) is 4.74 Å². The molecule has 148 valence electrons. The quantitative estimate of drug-likeness (QED) is 0.720. The zero-order valence-corrected chi connectivity index (χ0v) is 16.3. The summed E-state index contributed by atoms with van der Waals surface area (Å²) in [5, 5.41) is 4.59. The number of hydrogen-bond acceptors (Lipinski definition) is 4. The van der Waals surface area contributed by atoms with Gasteiger partial charge in [-0.1, -0.05) is 30.3 Å². The van der Waals surface area contributed by atoms with Crippen molar-refractivity contribution in [2.75, 3.05) is 19.7 Å². The average molecular weight is 381 g/mol. The number of hydrogen-bond donors (Lipinski definition) is 0. The molecule has 2 aliphatic rings. The van der Waals surface area contributed by atoms with Gasteiger partial charge in [0.2, 0.25) is 5.91 Å². The molecule has 1 saturated heterocycles. The van der Waals surface area contributed by atoms with Crippen LogP contribution in [0.4, 0.5) is 0 Å². The Morgan fingerprint density at radius 1 is 1.11 bits per heavy atom. The fourth-order valence-electron chi connectivity index (χ4n) is 3.93. The van der Waals surface area contributed by atoms with E-state index in [9.17, 15) is 9.59 Å². The van der Waals surface area contributed by atoms with Gasteiger partial charge in [-0.2, -0.15) is 5.10 Å². The number of ether oxygens (including phenoxy) is 1. The van der Waals surface area contributed by atoms with Gasteiger partial charge >= 0.3 is 5.97 Å². The van der Waals surface area contributed by atoms with Crippen LogP contribution in [0.5, 0.6) is 0 Å². The molecular weight excluding hydrogens is 354 g/mol. The third-order valence-electron chi connectivity index (χ3n) is 5.61. The third-order valence-corrected chi connectivity index (χ3v) is 5.61. The number of rotatable bonds is 6. The fourth-order valence-corrected chi connectivity index (χ4v) is 3.93. The molecule has 0 spiro atoms. The predicted octanol–water partition coefficient (Wildman–Crippen LogP) is 3.34. The number of nitrogens with zero attached hydrogens (tertiary/aromatic N) is 3. The molecule has 2 aromatic rings. The van der Waals surface area contributed by atoms with Crippen molar-refractivity contribution in [1.82, 2.24) is 14.7 Å². The van der Waals surface area contributed by atoms with E-state index in [0.717, 1.165) is 50.0 Å². The number of aromatic nitrogens is 2. The van der Waals surface area contributed by atoms with Gasteiger partial charge in [-0.3, -0.25) is 9.48 Å². The van der Waals surface area contributed by atoms with Gasteiger partial charge in [-0.05, 0) is 44.2 Å². The van der Waals surface area contributed by atoms with Crippen LogP contribution in [0.3, 0.4) is 0 Å². The summed E-state index contributed by atoms with van der Waals surface area (Å²) in [6.07, 6.45) is 4.49. The highest BCUT2D eigenvalue weighted by atomic mass is 16.5. The molecule has 28 heavy (non-hydrogen) atoms. The van der Waals surface area contributed by atoms with Crippen LogP contribution in [0.2, 0.25) is 0 Å². The molecule has 0 atom stereocenters. The van der Waals surface area contributed by atoms with Crippen LogP contribution in [0.25, 0.3) is 0 Å². The number of amides is 1. The maximum absolute atomic E-state index is 12.6. The smallest absolute Gasteiger partial charge is 0.358 e. The molecule has 1 aromatic carbocycles. The molecule has 0 N–H and O–H groups in total. The lowest BCUT2D eigenvalue weighted by molar-refractivity contribution is -0.131. The second kappa shape index (κ2) is 8.17. The minimum Gasteiger partial charge on any atom is -0.461 e. The Balaban J connectivity index is 1.40. The summed E-state index contributed by atoms with van der Waals surface area (Å²) >= 11 is 0. The maximum atomic E-state index is 12.6. The summed E-state index contributed by atoms with van der Waals surface area (Å²) in [6.45, 7) is 3.62. The molecule has 6 nitrogen and oxygen atoms in total. The van der Waals surface area contributed by atoms with Crippen LogP contribution in [-0.4, -0.2) is 46.3 Å². The highest BCUT2D eigenvalue weighted by molar-refractivity contribution is 5.87. The van der Waals surface area contributed by atoms with Gasteiger partial charge in [0.15, 0.2) is 5.69 Å². The van der Waals surface area contributed by atoms with Crippen molar-refractivity contribution in [3.8, 4) is 0 Å². The average Bonchev–Trinajstić information content (AvgIpc) is 3.47. The molecule has 1 aliphatic carbocycles. The molecule has 4 rings (SSSR count). The first kappa shape index (κ1) is 18.7. The summed E-state index contributed by atoms with van der Waals surface area (Å²) in [5.74, 6) is 0.340. The van der Waals surface area contributed by atoms with Crippen molar-refractivity contribution >= 4 is 11.9 Å². The summed E-state index contributed by atoms with van der Waals surface area (Å²) < 4.78 is 7.17. The van der Waals surface area contributed by atoms with E-state index in [1.807, 2.05) is 46.0 Å². The minimum absolute atomic E-state index is 0.180. The van der Waals surface area contributed by atoms with Crippen LogP contribution in [-0.2, 0) is 16.0 Å². The number of carbonyl (C=O) groups excluding carboxylic acids is 2. The van der Waals surface area contributed by atoms with E-state index < -0.39 is 0 Å². The Labute approximate surface area is 165 Å². The Hall–Kier alpha value is -2.63. The zero-order chi connectivity index (χ0) is 19.5. The van der Waals surface area contributed by atoms with Crippen molar-refractivity contribution < 1.29 is 14.3 Å². The van der Waals surface area contributed by atoms with E-state index >= 15 is 0 Å². The van der Waals surface area contributed by atoms with Crippen LogP contribution in [0.15, 0.2) is 36.4 Å². The number of likely N-dealkylation sites (tertiary alicyclic amines) is 1. The Morgan fingerprint density at radius 3 is 2.46 bits per heavy atom. The lowest BCUT2D eigenvalue weighted by Gasteiger charge is -2.33. The van der Waals surface area contributed by atoms with Crippen LogP contribution >= 0.6 is 0 Å². The molecule has 6 heteroatoms. The second-order valence-corrected chi connectivity index (χ2v) is 7.67. The third kappa shape index (κ3) is 4.11. The topological polar surface area (TPSA) is 64.4 Å². The molecule has 0 unspecified atom stereocenters. The second-order valence-electron chi connectivity index (χ2n) is 7.67. The van der Waals surface area contributed by atoms with Crippen molar-refractivity contribution in [2.45, 2.75) is 51.0 Å². The van der Waals surface area contributed by atoms with Gasteiger partial charge in [0.1, 0.15) is 0 Å². The zero-order valence-electron chi connectivity index (χ0n) is 16.3. The normalized spacial score (nSPS) is 17.5. The monoisotopic (exact) mass is 381 g/mol. The molecule has 0 radical (unpaired) electrons. The largest absolute Gasteiger partial charge is 0.461 e. The molecular formula is C22H27N3O3. The van der Waals surface area contributed by atoms with Crippen molar-refractivity contribution in [2.24, 2.45) is 0 Å². The van der Waals surface area contributed by atoms with Crippen molar-refractivity contribution in [3.05, 3.63) is 53.3 Å². The lowest BCUT2D eigenvalue weighted by Crippen LogP contribution is -2.40. The van der Waals surface area contributed by atoms with E-state index in [1.165, 1.54) is 0 Å². The number of esters is 1. The minimum atomic E-state index is -0.348. The highest BCUT2D eigenvalue weighted by Crippen LogP contribution is 2.42. The molecule has 0 bridgehead atoms. The van der Waals surface area contributed by atoms with Gasteiger partial charge in [-0.25, -0.2) is 4.79 Å². The number of benzene rings is 1. The predicted molar refractivity (Wildman–Crippen MR) is 105 cm³/mol. The van der Waals surface area contributed by atoms with E-state index in [2.05, 4.69) is 5.10 Å². The Kier molecular flexibility index (Phi) is 5.46. The van der Waals surface area contributed by atoms with Crippen molar-refractivity contribution in [3.63, 3.8) is 0 Å². The summed E-state index contributed by atoms with van der Waals surface area (Å²) in [6, 6.07) is 12.0. The first-order valence-corrected chi connectivity index (χ1v) is 10.2. The highest BCUT2D eigenvalue weighted by Gasteiger charge is 2.33. The number of piperidine rings is 1. The van der Waals surface area contributed by atoms with Gasteiger partial charge in [0, 0.05) is 24.7 Å². The standard InChI is InChI=1S/C22H27N3O3/c1-2-28-22(27)19-15-20(17-8-9-17)25(23-19)18-10-12-24(13-11-18)21(26)14-16-6-4-3-5-7-16/h3-7,15,17-18H,2,8-14H2,1H3. The van der Waals surface area contributed by atoms with Gasteiger partial charge in [0.05, 0.1) is 19.1 Å². The van der Waals surface area contributed by atoms with Crippen LogP contribution < -0.4 is 0 Å². The Bertz CT molecular complexity index is 834. The van der Waals surface area contributed by atoms with Crippen LogP contribution in [0, 0.1) is 0 Å². The van der Waals surface area contributed by atoms with Gasteiger partial charge in [-0.15, -0.1) is 0 Å². The van der Waals surface area contributed by atoms with Gasteiger partial charge < -0.3 is 9.64 Å². The SMILES string of the molecule is CCOC(=O)c1cc(C2CC2)n(C2CCN(C(=O)Cc3ccccc3)CC2)n1.